The summed E-state index contributed by atoms with van der Waals surface area (Å²) in [5, 5.41) is 0. The zero-order valence-corrected chi connectivity index (χ0v) is 11.9. The lowest BCUT2D eigenvalue weighted by Gasteiger charge is -2.20. The Labute approximate surface area is 116 Å². The lowest BCUT2D eigenvalue weighted by atomic mass is 9.84. The molecule has 0 aliphatic heterocycles. The number of rotatable bonds is 6. The topological polar surface area (TPSA) is 26.3 Å². The zero-order chi connectivity index (χ0) is 13.5. The van der Waals surface area contributed by atoms with E-state index in [-0.39, 0.29) is 5.92 Å². The smallest absolute Gasteiger partial charge is 0.136 e. The molecule has 2 nitrogen and oxygen atoms in total. The molecule has 1 saturated carbocycles. The molecule has 1 unspecified atom stereocenters. The predicted molar refractivity (Wildman–Crippen MR) is 77.5 cm³/mol. The van der Waals surface area contributed by atoms with Gasteiger partial charge in [-0.1, -0.05) is 31.9 Å². The lowest BCUT2D eigenvalue weighted by molar-refractivity contribution is -0.124. The Morgan fingerprint density at radius 3 is 2.68 bits per heavy atom. The molecule has 1 aliphatic rings. The summed E-state index contributed by atoms with van der Waals surface area (Å²) in [5.74, 6) is 1.64. The van der Waals surface area contributed by atoms with Crippen molar-refractivity contribution in [1.29, 1.82) is 0 Å². The highest BCUT2D eigenvalue weighted by atomic mass is 16.5. The highest BCUT2D eigenvalue weighted by Crippen LogP contribution is 2.25. The van der Waals surface area contributed by atoms with Crippen LogP contribution in [0, 0.1) is 5.92 Å². The molecule has 1 atom stereocenters. The van der Waals surface area contributed by atoms with Crippen LogP contribution in [-0.2, 0) is 11.2 Å². The zero-order valence-electron chi connectivity index (χ0n) is 11.9. The molecular weight excluding hydrogens is 236 g/mol. The molecular formula is C17H24O2. The van der Waals surface area contributed by atoms with Crippen molar-refractivity contribution in [2.45, 2.75) is 51.9 Å². The molecule has 0 spiro atoms. The number of ether oxygens (including phenoxy) is 1. The second-order valence-corrected chi connectivity index (χ2v) is 5.46. The first-order valence-electron chi connectivity index (χ1n) is 7.54. The van der Waals surface area contributed by atoms with E-state index in [1.165, 1.54) is 12.0 Å². The van der Waals surface area contributed by atoms with Crippen LogP contribution in [0.2, 0.25) is 0 Å². The Morgan fingerprint density at radius 1 is 1.21 bits per heavy atom. The van der Waals surface area contributed by atoms with Crippen molar-refractivity contribution in [3.05, 3.63) is 29.8 Å². The molecule has 0 bridgehead atoms. The fourth-order valence-electron chi connectivity index (χ4n) is 2.61. The van der Waals surface area contributed by atoms with E-state index in [0.29, 0.717) is 5.78 Å². The minimum Gasteiger partial charge on any atom is -0.494 e. The van der Waals surface area contributed by atoms with E-state index in [1.807, 2.05) is 12.1 Å². The summed E-state index contributed by atoms with van der Waals surface area (Å²) in [6, 6.07) is 8.25. The van der Waals surface area contributed by atoms with Crippen molar-refractivity contribution in [2.75, 3.05) is 6.61 Å². The van der Waals surface area contributed by atoms with Crippen LogP contribution in [0.15, 0.2) is 24.3 Å². The number of hydrogen-bond acceptors (Lipinski definition) is 2. The molecule has 2 rings (SSSR count). The number of benzene rings is 1. The van der Waals surface area contributed by atoms with Gasteiger partial charge in [-0.2, -0.15) is 0 Å². The van der Waals surface area contributed by atoms with Gasteiger partial charge in [0.1, 0.15) is 11.5 Å². The van der Waals surface area contributed by atoms with Gasteiger partial charge in [0.05, 0.1) is 6.61 Å². The average molecular weight is 260 g/mol. The van der Waals surface area contributed by atoms with Gasteiger partial charge in [-0.3, -0.25) is 4.79 Å². The third-order valence-electron chi connectivity index (χ3n) is 3.85. The van der Waals surface area contributed by atoms with Crippen LogP contribution in [0.25, 0.3) is 0 Å². The van der Waals surface area contributed by atoms with Crippen molar-refractivity contribution in [3.63, 3.8) is 0 Å². The molecule has 1 aliphatic carbocycles. The molecule has 0 N–H and O–H groups in total. The molecule has 1 fully saturated rings. The fourth-order valence-corrected chi connectivity index (χ4v) is 2.61. The van der Waals surface area contributed by atoms with Crippen LogP contribution in [0.4, 0.5) is 0 Å². The van der Waals surface area contributed by atoms with Gasteiger partial charge >= 0.3 is 0 Å². The molecule has 0 aromatic heterocycles. The van der Waals surface area contributed by atoms with E-state index in [1.54, 1.807) is 0 Å². The van der Waals surface area contributed by atoms with Gasteiger partial charge < -0.3 is 4.74 Å². The Kier molecular flexibility index (Phi) is 5.44. The number of ketones is 1. The molecule has 0 heterocycles. The third kappa shape index (κ3) is 4.38. The van der Waals surface area contributed by atoms with Crippen LogP contribution in [0.5, 0.6) is 5.75 Å². The van der Waals surface area contributed by atoms with E-state index >= 15 is 0 Å². The first-order valence-corrected chi connectivity index (χ1v) is 7.54. The largest absolute Gasteiger partial charge is 0.494 e. The highest BCUT2D eigenvalue weighted by Gasteiger charge is 2.22. The van der Waals surface area contributed by atoms with Gasteiger partial charge in [0.2, 0.25) is 0 Å². The van der Waals surface area contributed by atoms with Crippen LogP contribution in [-0.4, -0.2) is 12.4 Å². The Bertz CT molecular complexity index is 394. The normalized spacial score (nSPS) is 19.4. The Morgan fingerprint density at radius 2 is 2.00 bits per heavy atom. The summed E-state index contributed by atoms with van der Waals surface area (Å²) < 4.78 is 5.65. The second-order valence-electron chi connectivity index (χ2n) is 5.46. The summed E-state index contributed by atoms with van der Waals surface area (Å²) in [6.07, 6.45) is 7.28. The predicted octanol–water partition coefficient (Wildman–Crippen LogP) is 4.17. The van der Waals surface area contributed by atoms with Gasteiger partial charge in [-0.05, 0) is 43.4 Å². The van der Waals surface area contributed by atoms with Gasteiger partial charge in [0, 0.05) is 12.3 Å². The van der Waals surface area contributed by atoms with Crippen LogP contribution >= 0.6 is 0 Å². The summed E-state index contributed by atoms with van der Waals surface area (Å²) in [7, 11) is 0. The molecule has 0 saturated heterocycles. The van der Waals surface area contributed by atoms with E-state index in [4.69, 9.17) is 4.74 Å². The standard InChI is InChI=1S/C17H24O2/c1-2-3-12-19-16-10-8-14(9-11-16)13-15-6-4-5-7-17(15)18/h8-11,15H,2-7,12-13H2,1H3. The monoisotopic (exact) mass is 260 g/mol. The summed E-state index contributed by atoms with van der Waals surface area (Å²) in [6.45, 7) is 2.95. The second kappa shape index (κ2) is 7.32. The first-order chi connectivity index (χ1) is 9.29. The average Bonchev–Trinajstić information content (AvgIpc) is 2.44. The van der Waals surface area contributed by atoms with Gasteiger partial charge in [-0.25, -0.2) is 0 Å². The fraction of sp³-hybridized carbons (Fsp3) is 0.588. The van der Waals surface area contributed by atoms with Crippen LogP contribution in [0.3, 0.4) is 0 Å². The number of unbranched alkanes of at least 4 members (excludes halogenated alkanes) is 1. The molecule has 1 aromatic carbocycles. The summed E-state index contributed by atoms with van der Waals surface area (Å²) in [5.41, 5.74) is 1.25. The molecule has 104 valence electrons. The van der Waals surface area contributed by atoms with Crippen molar-refractivity contribution in [1.82, 2.24) is 0 Å². The molecule has 19 heavy (non-hydrogen) atoms. The molecule has 2 heteroatoms. The minimum absolute atomic E-state index is 0.251. The highest BCUT2D eigenvalue weighted by molar-refractivity contribution is 5.81. The number of Topliss-reactive ketones (excluding diaryl/α,β-unsaturated/α-hetero) is 1. The van der Waals surface area contributed by atoms with Crippen molar-refractivity contribution >= 4 is 5.78 Å². The van der Waals surface area contributed by atoms with E-state index in [9.17, 15) is 4.79 Å². The van der Waals surface area contributed by atoms with Crippen molar-refractivity contribution < 1.29 is 9.53 Å². The minimum atomic E-state index is 0.251. The van der Waals surface area contributed by atoms with E-state index in [0.717, 1.165) is 50.9 Å². The SMILES string of the molecule is CCCCOc1ccc(CC2CCCCC2=O)cc1. The third-order valence-corrected chi connectivity index (χ3v) is 3.85. The van der Waals surface area contributed by atoms with E-state index < -0.39 is 0 Å². The quantitative estimate of drug-likeness (QED) is 0.718. The Balaban J connectivity index is 1.85. The number of carbonyl (C=O) groups excluding carboxylic acids is 1. The Hall–Kier alpha value is -1.31. The molecule has 0 amide bonds. The van der Waals surface area contributed by atoms with Gasteiger partial charge in [0.25, 0.3) is 0 Å². The summed E-state index contributed by atoms with van der Waals surface area (Å²) >= 11 is 0. The molecule has 0 radical (unpaired) electrons. The van der Waals surface area contributed by atoms with E-state index in [2.05, 4.69) is 19.1 Å². The number of hydrogen-bond donors (Lipinski definition) is 0. The van der Waals surface area contributed by atoms with Gasteiger partial charge in [0.15, 0.2) is 0 Å². The maximum absolute atomic E-state index is 11.8. The molecule has 1 aromatic rings. The summed E-state index contributed by atoms with van der Waals surface area (Å²) in [4.78, 5) is 11.8. The maximum atomic E-state index is 11.8. The lowest BCUT2D eigenvalue weighted by Crippen LogP contribution is -2.20. The van der Waals surface area contributed by atoms with Crippen LogP contribution in [0.1, 0.15) is 51.0 Å². The van der Waals surface area contributed by atoms with Crippen LogP contribution < -0.4 is 4.74 Å². The number of carbonyl (C=O) groups is 1. The van der Waals surface area contributed by atoms with Gasteiger partial charge in [-0.15, -0.1) is 0 Å². The van der Waals surface area contributed by atoms with Crippen molar-refractivity contribution in [2.24, 2.45) is 5.92 Å². The first kappa shape index (κ1) is 14.1. The van der Waals surface area contributed by atoms with Crippen molar-refractivity contribution in [3.8, 4) is 5.75 Å². The maximum Gasteiger partial charge on any atom is 0.136 e.